The van der Waals surface area contributed by atoms with Crippen molar-refractivity contribution in [3.63, 3.8) is 0 Å². The molecule has 1 saturated carbocycles. The summed E-state index contributed by atoms with van der Waals surface area (Å²) >= 11 is 0. The van der Waals surface area contributed by atoms with Gasteiger partial charge in [0.15, 0.2) is 0 Å². The van der Waals surface area contributed by atoms with Crippen LogP contribution in [0.5, 0.6) is 0 Å². The largest absolute Gasteiger partial charge is 0.363 e. The first kappa shape index (κ1) is 19.4. The summed E-state index contributed by atoms with van der Waals surface area (Å²) in [5.74, 6) is 0.536. The molecule has 2 aliphatic rings. The average Bonchev–Trinajstić information content (AvgIpc) is 3.54. The molecule has 1 aliphatic carbocycles. The second-order valence-corrected chi connectivity index (χ2v) is 7.91. The van der Waals surface area contributed by atoms with Gasteiger partial charge in [-0.05, 0) is 54.7 Å². The fourth-order valence-electron chi connectivity index (χ4n) is 4.47. The lowest BCUT2D eigenvalue weighted by molar-refractivity contribution is -0.117. The van der Waals surface area contributed by atoms with Crippen LogP contribution in [0, 0.1) is 17.7 Å². The van der Waals surface area contributed by atoms with Crippen LogP contribution in [0.1, 0.15) is 48.7 Å². The minimum Gasteiger partial charge on any atom is -0.363 e. The molecule has 0 spiro atoms. The topological polar surface area (TPSA) is 74.3 Å². The molecule has 2 amide bonds. The van der Waals surface area contributed by atoms with Crippen LogP contribution in [0.25, 0.3) is 0 Å². The molecule has 1 fully saturated rings. The Balaban J connectivity index is 1.82. The molecular formula is C22H25FN4O2. The van der Waals surface area contributed by atoms with Crippen LogP contribution in [0.2, 0.25) is 0 Å². The molecule has 0 radical (unpaired) electrons. The van der Waals surface area contributed by atoms with Gasteiger partial charge >= 0.3 is 0 Å². The van der Waals surface area contributed by atoms with Crippen molar-refractivity contribution in [3.05, 3.63) is 53.5 Å². The van der Waals surface area contributed by atoms with E-state index in [0.29, 0.717) is 17.3 Å². The predicted octanol–water partition coefficient (Wildman–Crippen LogP) is 3.51. The number of amides is 2. The second kappa shape index (κ2) is 7.46. The highest BCUT2D eigenvalue weighted by atomic mass is 19.1. The molecule has 0 bridgehead atoms. The number of rotatable bonds is 4. The first-order valence-electron chi connectivity index (χ1n) is 9.94. The van der Waals surface area contributed by atoms with E-state index in [9.17, 15) is 14.0 Å². The molecule has 1 aromatic carbocycles. The quantitative estimate of drug-likeness (QED) is 0.829. The fourth-order valence-corrected chi connectivity index (χ4v) is 4.47. The van der Waals surface area contributed by atoms with Crippen molar-refractivity contribution in [1.29, 1.82) is 0 Å². The first-order valence-corrected chi connectivity index (χ1v) is 9.94. The van der Waals surface area contributed by atoms with Crippen molar-refractivity contribution in [3.8, 4) is 0 Å². The summed E-state index contributed by atoms with van der Waals surface area (Å²) in [6, 6.07) is 8.33. The lowest BCUT2D eigenvalue weighted by Crippen LogP contribution is -2.51. The predicted molar refractivity (Wildman–Crippen MR) is 109 cm³/mol. The SMILES string of the molecule is CNC(=O)c1ccc2c(c1)[C@H](Nc1ccc(F)cn1)[C@@H](C)[C@H](C1CC1)N2C(C)=O. The van der Waals surface area contributed by atoms with Gasteiger partial charge in [0.1, 0.15) is 11.6 Å². The summed E-state index contributed by atoms with van der Waals surface area (Å²) in [5.41, 5.74) is 2.22. The number of carbonyl (C=O) groups excluding carboxylic acids is 2. The Bertz CT molecular complexity index is 942. The van der Waals surface area contributed by atoms with Gasteiger partial charge in [0.25, 0.3) is 5.91 Å². The number of benzene rings is 1. The number of nitrogens with one attached hydrogen (secondary N) is 2. The third kappa shape index (κ3) is 3.57. The molecule has 29 heavy (non-hydrogen) atoms. The average molecular weight is 396 g/mol. The summed E-state index contributed by atoms with van der Waals surface area (Å²) in [6.07, 6.45) is 3.38. The Labute approximate surface area is 169 Å². The maximum atomic E-state index is 13.3. The van der Waals surface area contributed by atoms with Crippen LogP contribution in [0.15, 0.2) is 36.5 Å². The van der Waals surface area contributed by atoms with Crippen LogP contribution in [0.3, 0.4) is 0 Å². The van der Waals surface area contributed by atoms with Crippen molar-refractivity contribution in [2.75, 3.05) is 17.3 Å². The molecule has 152 valence electrons. The zero-order valence-electron chi connectivity index (χ0n) is 16.8. The number of fused-ring (bicyclic) bond motifs is 1. The van der Waals surface area contributed by atoms with E-state index in [0.717, 1.165) is 24.1 Å². The van der Waals surface area contributed by atoms with Crippen LogP contribution in [-0.4, -0.2) is 29.9 Å². The molecular weight excluding hydrogens is 371 g/mol. The van der Waals surface area contributed by atoms with E-state index < -0.39 is 5.82 Å². The normalized spacial score (nSPS) is 23.3. The Morgan fingerprint density at radius 1 is 1.21 bits per heavy atom. The van der Waals surface area contributed by atoms with Crippen LogP contribution in [0.4, 0.5) is 15.9 Å². The smallest absolute Gasteiger partial charge is 0.251 e. The fraction of sp³-hybridized carbons (Fsp3) is 0.409. The first-order chi connectivity index (χ1) is 13.9. The third-order valence-corrected chi connectivity index (χ3v) is 5.95. The number of hydrogen-bond donors (Lipinski definition) is 2. The van der Waals surface area contributed by atoms with Crippen LogP contribution >= 0.6 is 0 Å². The molecule has 6 nitrogen and oxygen atoms in total. The number of hydrogen-bond acceptors (Lipinski definition) is 4. The molecule has 4 rings (SSSR count). The maximum Gasteiger partial charge on any atom is 0.251 e. The Morgan fingerprint density at radius 2 is 1.97 bits per heavy atom. The van der Waals surface area contributed by atoms with Gasteiger partial charge < -0.3 is 15.5 Å². The number of carbonyl (C=O) groups is 2. The molecule has 2 aromatic rings. The standard InChI is InChI=1S/C22H25FN4O2/c1-12-20(26-19-9-7-16(23)11-25-19)17-10-15(22(29)24-3)6-8-18(17)27(13(2)28)21(12)14-4-5-14/h6-12,14,20-21H,4-5H2,1-3H3,(H,24,29)(H,25,26)/t12-,20-,21-/m1/s1. The van der Waals surface area contributed by atoms with E-state index in [1.807, 2.05) is 17.0 Å². The van der Waals surface area contributed by atoms with Crippen LogP contribution in [-0.2, 0) is 4.79 Å². The zero-order chi connectivity index (χ0) is 20.7. The lowest BCUT2D eigenvalue weighted by Gasteiger charge is -2.46. The van der Waals surface area contributed by atoms with E-state index in [4.69, 9.17) is 0 Å². The maximum absolute atomic E-state index is 13.3. The van der Waals surface area contributed by atoms with E-state index in [1.165, 1.54) is 12.3 Å². The molecule has 2 N–H and O–H groups in total. The van der Waals surface area contributed by atoms with Crippen molar-refractivity contribution < 1.29 is 14.0 Å². The second-order valence-electron chi connectivity index (χ2n) is 7.91. The van der Waals surface area contributed by atoms with Crippen molar-refractivity contribution in [1.82, 2.24) is 10.3 Å². The van der Waals surface area contributed by atoms with E-state index in [-0.39, 0.29) is 29.8 Å². The van der Waals surface area contributed by atoms with Crippen molar-refractivity contribution in [2.45, 2.75) is 38.8 Å². The monoisotopic (exact) mass is 396 g/mol. The number of aromatic nitrogens is 1. The highest BCUT2D eigenvalue weighted by Crippen LogP contribution is 2.50. The Kier molecular flexibility index (Phi) is 4.98. The molecule has 1 aliphatic heterocycles. The highest BCUT2D eigenvalue weighted by Gasteiger charge is 2.47. The molecule has 2 heterocycles. The van der Waals surface area contributed by atoms with E-state index >= 15 is 0 Å². The van der Waals surface area contributed by atoms with Crippen molar-refractivity contribution in [2.24, 2.45) is 11.8 Å². The Morgan fingerprint density at radius 3 is 2.55 bits per heavy atom. The van der Waals surface area contributed by atoms with Gasteiger partial charge in [-0.25, -0.2) is 9.37 Å². The van der Waals surface area contributed by atoms with Crippen LogP contribution < -0.4 is 15.5 Å². The van der Waals surface area contributed by atoms with E-state index in [1.54, 1.807) is 26.1 Å². The summed E-state index contributed by atoms with van der Waals surface area (Å²) < 4.78 is 13.3. The van der Waals surface area contributed by atoms with Gasteiger partial charge in [0.05, 0.1) is 12.2 Å². The van der Waals surface area contributed by atoms with E-state index in [2.05, 4.69) is 22.5 Å². The summed E-state index contributed by atoms with van der Waals surface area (Å²) in [7, 11) is 1.59. The van der Waals surface area contributed by atoms with Gasteiger partial charge in [-0.3, -0.25) is 9.59 Å². The molecule has 3 atom stereocenters. The minimum absolute atomic E-state index is 0.000972. The summed E-state index contributed by atoms with van der Waals surface area (Å²) in [4.78, 5) is 30.9. The third-order valence-electron chi connectivity index (χ3n) is 5.95. The van der Waals surface area contributed by atoms with Gasteiger partial charge in [0.2, 0.25) is 5.91 Å². The zero-order valence-corrected chi connectivity index (χ0v) is 16.8. The molecule has 1 aromatic heterocycles. The van der Waals surface area contributed by atoms with Crippen molar-refractivity contribution >= 4 is 23.3 Å². The summed E-state index contributed by atoms with van der Waals surface area (Å²) in [5, 5.41) is 6.07. The molecule has 0 unspecified atom stereocenters. The number of pyridine rings is 1. The summed E-state index contributed by atoms with van der Waals surface area (Å²) in [6.45, 7) is 3.71. The number of halogens is 1. The highest BCUT2D eigenvalue weighted by molar-refractivity contribution is 5.98. The molecule has 7 heteroatoms. The van der Waals surface area contributed by atoms with Gasteiger partial charge in [-0.1, -0.05) is 6.92 Å². The molecule has 0 saturated heterocycles. The number of nitrogens with zero attached hydrogens (tertiary/aromatic N) is 2. The minimum atomic E-state index is -0.395. The van der Waals surface area contributed by atoms with Gasteiger partial charge in [-0.2, -0.15) is 0 Å². The lowest BCUT2D eigenvalue weighted by atomic mass is 9.79. The van der Waals surface area contributed by atoms with Gasteiger partial charge in [0, 0.05) is 37.2 Å². The number of anilines is 2. The Hall–Kier alpha value is -2.96. The van der Waals surface area contributed by atoms with Gasteiger partial charge in [-0.15, -0.1) is 0 Å².